The average Bonchev–Trinajstić information content (AvgIpc) is 3.12. The number of amidine groups is 1. The molecule has 1 heterocycles. The monoisotopic (exact) mass is 634 g/mol. The minimum absolute atomic E-state index is 0.250. The van der Waals surface area contributed by atoms with Crippen molar-refractivity contribution in [2.75, 3.05) is 0 Å². The Kier molecular flexibility index (Phi) is 8.41. The van der Waals surface area contributed by atoms with Crippen LogP contribution in [0.3, 0.4) is 0 Å². The Hall–Kier alpha value is -1.38. The van der Waals surface area contributed by atoms with Gasteiger partial charge in [0, 0.05) is 0 Å². The van der Waals surface area contributed by atoms with Crippen molar-refractivity contribution in [3.8, 4) is 5.75 Å². The standard InChI is InChI=1S/C23H12BrCl5N2O2S/c24-13-6-12(8-17(28)21(13)33-10-11-4-5-14(25)16(27)7-11)9-19-22(32)31-23(34-19)30-18-3-1-2-15(26)20(18)29/h1-9H,10H2,(H,30,31,32)/b19-9-. The van der Waals surface area contributed by atoms with Gasteiger partial charge in [0.1, 0.15) is 6.61 Å². The van der Waals surface area contributed by atoms with E-state index in [1.165, 1.54) is 11.8 Å². The van der Waals surface area contributed by atoms with Crippen LogP contribution in [0.4, 0.5) is 5.69 Å². The lowest BCUT2D eigenvalue weighted by Gasteiger charge is -2.12. The van der Waals surface area contributed by atoms with E-state index >= 15 is 0 Å². The second-order valence-electron chi connectivity index (χ2n) is 6.91. The van der Waals surface area contributed by atoms with Gasteiger partial charge in [-0.05, 0) is 81.3 Å². The molecule has 4 rings (SSSR count). The summed E-state index contributed by atoms with van der Waals surface area (Å²) in [5.41, 5.74) is 2.01. The van der Waals surface area contributed by atoms with Crippen molar-refractivity contribution in [2.45, 2.75) is 6.61 Å². The number of aliphatic imine (C=N–C) groups is 1. The van der Waals surface area contributed by atoms with E-state index in [1.54, 1.807) is 48.5 Å². The quantitative estimate of drug-likeness (QED) is 0.284. The summed E-state index contributed by atoms with van der Waals surface area (Å²) in [5, 5.41) is 5.11. The number of hydrogen-bond donors (Lipinski definition) is 1. The predicted molar refractivity (Wildman–Crippen MR) is 147 cm³/mol. The average molecular weight is 638 g/mol. The molecule has 3 aromatic carbocycles. The molecule has 34 heavy (non-hydrogen) atoms. The van der Waals surface area contributed by atoms with Crippen LogP contribution < -0.4 is 10.1 Å². The highest BCUT2D eigenvalue weighted by Gasteiger charge is 2.24. The number of carbonyl (C=O) groups excluding carboxylic acids is 1. The largest absolute Gasteiger partial charge is 0.486 e. The lowest BCUT2D eigenvalue weighted by atomic mass is 10.2. The van der Waals surface area contributed by atoms with Crippen LogP contribution >= 0.6 is 85.7 Å². The van der Waals surface area contributed by atoms with E-state index in [0.29, 0.717) is 56.7 Å². The fraction of sp³-hybridized carbons (Fsp3) is 0.0435. The molecular weight excluding hydrogens is 626 g/mol. The van der Waals surface area contributed by atoms with Gasteiger partial charge in [0.25, 0.3) is 5.91 Å². The predicted octanol–water partition coefficient (Wildman–Crippen LogP) is 9.19. The first-order valence-corrected chi connectivity index (χ1v) is 13.0. The van der Waals surface area contributed by atoms with Gasteiger partial charge in [0.2, 0.25) is 0 Å². The summed E-state index contributed by atoms with van der Waals surface area (Å²) < 4.78 is 6.50. The molecule has 1 N–H and O–H groups in total. The second kappa shape index (κ2) is 11.1. The van der Waals surface area contributed by atoms with Gasteiger partial charge in [-0.1, -0.05) is 70.1 Å². The number of hydrogen-bond acceptors (Lipinski definition) is 4. The first kappa shape index (κ1) is 25.7. The number of thioether (sulfide) groups is 1. The Morgan fingerprint density at radius 2 is 1.76 bits per heavy atom. The maximum atomic E-state index is 12.4. The molecule has 1 saturated heterocycles. The lowest BCUT2D eigenvalue weighted by Crippen LogP contribution is -2.19. The summed E-state index contributed by atoms with van der Waals surface area (Å²) >= 11 is 35.4. The third-order valence-electron chi connectivity index (χ3n) is 4.49. The maximum Gasteiger partial charge on any atom is 0.264 e. The number of ether oxygens (including phenoxy) is 1. The molecule has 1 aliphatic rings. The normalized spacial score (nSPS) is 15.8. The number of nitrogens with one attached hydrogen (secondary N) is 1. The zero-order chi connectivity index (χ0) is 24.4. The van der Waals surface area contributed by atoms with Crippen molar-refractivity contribution in [3.05, 3.63) is 94.1 Å². The van der Waals surface area contributed by atoms with E-state index in [1.807, 2.05) is 6.07 Å². The molecule has 4 nitrogen and oxygen atoms in total. The highest BCUT2D eigenvalue weighted by Crippen LogP contribution is 2.38. The number of rotatable bonds is 5. The van der Waals surface area contributed by atoms with Crippen LogP contribution in [0.5, 0.6) is 5.75 Å². The molecule has 174 valence electrons. The van der Waals surface area contributed by atoms with Crippen LogP contribution in [-0.2, 0) is 11.4 Å². The van der Waals surface area contributed by atoms with Gasteiger partial charge in [0.15, 0.2) is 10.9 Å². The number of nitrogens with zero attached hydrogens (tertiary/aromatic N) is 1. The lowest BCUT2D eigenvalue weighted by molar-refractivity contribution is -0.115. The SMILES string of the molecule is O=C1NC(=Nc2cccc(Cl)c2Cl)S/C1=C\c1cc(Cl)c(OCc2ccc(Cl)c(Cl)c2)c(Br)c1. The van der Waals surface area contributed by atoms with Gasteiger partial charge in [0.05, 0.1) is 40.2 Å². The topological polar surface area (TPSA) is 50.7 Å². The van der Waals surface area contributed by atoms with Gasteiger partial charge in [-0.2, -0.15) is 0 Å². The number of halogens is 6. The molecule has 1 amide bonds. The summed E-state index contributed by atoms with van der Waals surface area (Å²) in [6.07, 6.45) is 1.71. The van der Waals surface area contributed by atoms with E-state index < -0.39 is 0 Å². The minimum Gasteiger partial charge on any atom is -0.486 e. The summed E-state index contributed by atoms with van der Waals surface area (Å²) in [6, 6.07) is 13.9. The first-order chi connectivity index (χ1) is 16.2. The van der Waals surface area contributed by atoms with Gasteiger partial charge in [-0.15, -0.1) is 0 Å². The van der Waals surface area contributed by atoms with Crippen molar-refractivity contribution in [1.82, 2.24) is 5.32 Å². The summed E-state index contributed by atoms with van der Waals surface area (Å²) in [5.74, 6) is 0.186. The Morgan fingerprint density at radius 1 is 0.971 bits per heavy atom. The molecule has 0 saturated carbocycles. The zero-order valence-electron chi connectivity index (χ0n) is 16.8. The smallest absolute Gasteiger partial charge is 0.264 e. The molecule has 1 fully saturated rings. The molecule has 0 aromatic heterocycles. The fourth-order valence-corrected chi connectivity index (χ4v) is 5.39. The first-order valence-electron chi connectivity index (χ1n) is 9.50. The number of benzene rings is 3. The van der Waals surface area contributed by atoms with Crippen LogP contribution in [0.2, 0.25) is 25.1 Å². The molecular formula is C23H12BrCl5N2O2S. The Bertz CT molecular complexity index is 1340. The van der Waals surface area contributed by atoms with Crippen LogP contribution in [0.1, 0.15) is 11.1 Å². The van der Waals surface area contributed by atoms with Crippen LogP contribution in [-0.4, -0.2) is 11.1 Å². The van der Waals surface area contributed by atoms with Crippen molar-refractivity contribution in [1.29, 1.82) is 0 Å². The summed E-state index contributed by atoms with van der Waals surface area (Å²) in [7, 11) is 0. The van der Waals surface area contributed by atoms with E-state index in [0.717, 1.165) is 5.56 Å². The Balaban J connectivity index is 1.51. The van der Waals surface area contributed by atoms with Crippen molar-refractivity contribution in [2.24, 2.45) is 4.99 Å². The van der Waals surface area contributed by atoms with Gasteiger partial charge >= 0.3 is 0 Å². The highest BCUT2D eigenvalue weighted by molar-refractivity contribution is 9.10. The number of carbonyl (C=O) groups is 1. The van der Waals surface area contributed by atoms with Crippen LogP contribution in [0, 0.1) is 0 Å². The third-order valence-corrected chi connectivity index (χ3v) is 7.82. The molecule has 0 radical (unpaired) electrons. The van der Waals surface area contributed by atoms with Crippen LogP contribution in [0.15, 0.2) is 62.9 Å². The zero-order valence-corrected chi connectivity index (χ0v) is 23.0. The molecule has 0 atom stereocenters. The third kappa shape index (κ3) is 6.05. The highest BCUT2D eigenvalue weighted by atomic mass is 79.9. The van der Waals surface area contributed by atoms with Gasteiger partial charge in [-0.25, -0.2) is 4.99 Å². The van der Waals surface area contributed by atoms with Crippen molar-refractivity contribution in [3.63, 3.8) is 0 Å². The molecule has 3 aromatic rings. The van der Waals surface area contributed by atoms with E-state index in [2.05, 4.69) is 26.2 Å². The van der Waals surface area contributed by atoms with E-state index in [9.17, 15) is 4.79 Å². The molecule has 11 heteroatoms. The Morgan fingerprint density at radius 3 is 2.50 bits per heavy atom. The summed E-state index contributed by atoms with van der Waals surface area (Å²) in [4.78, 5) is 17.3. The van der Waals surface area contributed by atoms with Gasteiger partial charge in [-0.3, -0.25) is 4.79 Å². The molecule has 0 aliphatic carbocycles. The minimum atomic E-state index is -0.283. The van der Waals surface area contributed by atoms with Crippen LogP contribution in [0.25, 0.3) is 6.08 Å². The molecule has 0 spiro atoms. The van der Waals surface area contributed by atoms with Gasteiger partial charge < -0.3 is 10.1 Å². The molecule has 0 bridgehead atoms. The molecule has 0 unspecified atom stereocenters. The van der Waals surface area contributed by atoms with E-state index in [4.69, 9.17) is 62.7 Å². The molecule has 1 aliphatic heterocycles. The summed E-state index contributed by atoms with van der Waals surface area (Å²) in [6.45, 7) is 0.250. The maximum absolute atomic E-state index is 12.4. The van der Waals surface area contributed by atoms with E-state index in [-0.39, 0.29) is 12.5 Å². The Labute approximate surface area is 233 Å². The fourth-order valence-electron chi connectivity index (χ4n) is 2.91. The second-order valence-corrected chi connectivity index (χ2v) is 10.8. The number of amides is 1. The van der Waals surface area contributed by atoms with Crippen molar-refractivity contribution >= 4 is 109 Å². The van der Waals surface area contributed by atoms with Crippen molar-refractivity contribution < 1.29 is 9.53 Å².